The number of aliphatic hydroxyl groups is 2. The summed E-state index contributed by atoms with van der Waals surface area (Å²) in [6.45, 7) is 10.4. The van der Waals surface area contributed by atoms with Crippen molar-refractivity contribution in [2.75, 3.05) is 0 Å². The molecule has 0 aromatic heterocycles. The van der Waals surface area contributed by atoms with E-state index in [-0.39, 0.29) is 6.42 Å². The molecule has 2 N–H and O–H groups in total. The van der Waals surface area contributed by atoms with Crippen LogP contribution >= 0.6 is 0 Å². The van der Waals surface area contributed by atoms with E-state index in [1.165, 1.54) is 12.5 Å². The Balaban J connectivity index is 0.000000288. The molecule has 0 saturated heterocycles. The van der Waals surface area contributed by atoms with Crippen molar-refractivity contribution in [3.05, 3.63) is 49.4 Å². The first kappa shape index (κ1) is 13.9. The molecule has 0 spiro atoms. The lowest BCUT2D eigenvalue weighted by molar-refractivity contribution is -0.141. The van der Waals surface area contributed by atoms with Gasteiger partial charge in [-0.15, -0.1) is 0 Å². The van der Waals surface area contributed by atoms with Crippen LogP contribution in [0.1, 0.15) is 25.8 Å². The molecule has 0 bridgehead atoms. The second-order valence-electron chi connectivity index (χ2n) is 3.61. The zero-order chi connectivity index (χ0) is 11.9. The Morgan fingerprint density at radius 2 is 1.67 bits per heavy atom. The van der Waals surface area contributed by atoms with E-state index < -0.39 is 5.79 Å². The first-order chi connectivity index (χ1) is 6.87. The summed E-state index contributed by atoms with van der Waals surface area (Å²) in [5.41, 5.74) is 2.34. The molecule has 0 fully saturated rings. The summed E-state index contributed by atoms with van der Waals surface area (Å²) in [5.74, 6) is -1.57. The summed E-state index contributed by atoms with van der Waals surface area (Å²) in [6.07, 6.45) is 0.132. The van der Waals surface area contributed by atoms with Gasteiger partial charge in [0, 0.05) is 6.42 Å². The highest BCUT2D eigenvalue weighted by atomic mass is 16.5. The van der Waals surface area contributed by atoms with Crippen LogP contribution in [0.5, 0.6) is 0 Å². The van der Waals surface area contributed by atoms with Crippen LogP contribution in [0, 0.1) is 6.92 Å². The normalized spacial score (nSPS) is 10.2. The van der Waals surface area contributed by atoms with Crippen molar-refractivity contribution in [1.82, 2.24) is 0 Å². The van der Waals surface area contributed by atoms with E-state index in [2.05, 4.69) is 25.6 Å². The van der Waals surface area contributed by atoms with Crippen LogP contribution in [0.15, 0.2) is 36.9 Å². The highest BCUT2D eigenvalue weighted by Crippen LogP contribution is 2.08. The highest BCUT2D eigenvalue weighted by molar-refractivity contribution is 5.60. The van der Waals surface area contributed by atoms with Crippen LogP contribution < -0.4 is 0 Å². The van der Waals surface area contributed by atoms with Gasteiger partial charge in [0.15, 0.2) is 5.79 Å². The van der Waals surface area contributed by atoms with E-state index in [0.29, 0.717) is 0 Å². The van der Waals surface area contributed by atoms with E-state index in [9.17, 15) is 0 Å². The van der Waals surface area contributed by atoms with Gasteiger partial charge in [0.25, 0.3) is 0 Å². The van der Waals surface area contributed by atoms with Crippen molar-refractivity contribution >= 4 is 5.57 Å². The molecular weight excluding hydrogens is 188 g/mol. The average molecular weight is 207 g/mol. The molecule has 1 rings (SSSR count). The Morgan fingerprint density at radius 1 is 1.27 bits per heavy atom. The Bertz CT molecular complexity index is 283. The Labute approximate surface area is 91.9 Å². The predicted molar refractivity (Wildman–Crippen MR) is 64.0 cm³/mol. The molecule has 0 aliphatic rings. The van der Waals surface area contributed by atoms with Crippen molar-refractivity contribution in [2.45, 2.75) is 26.1 Å². The quantitative estimate of drug-likeness (QED) is 0.732. The first-order valence-corrected chi connectivity index (χ1v) is 4.82. The van der Waals surface area contributed by atoms with Gasteiger partial charge in [0.1, 0.15) is 0 Å². The van der Waals surface area contributed by atoms with Crippen LogP contribution in [0.2, 0.25) is 0 Å². The van der Waals surface area contributed by atoms with E-state index in [1.807, 2.05) is 25.1 Å². The molecule has 83 valence electrons. The maximum absolute atomic E-state index is 8.32. The van der Waals surface area contributed by atoms with Gasteiger partial charge >= 0.3 is 0 Å². The second-order valence-corrected chi connectivity index (χ2v) is 3.61. The van der Waals surface area contributed by atoms with Gasteiger partial charge in [-0.3, -0.25) is 0 Å². The molecular formula is C13H19O2. The number of benzene rings is 1. The second kappa shape index (κ2) is 6.38. The smallest absolute Gasteiger partial charge is 0.159 e. The van der Waals surface area contributed by atoms with Crippen LogP contribution in [0.4, 0.5) is 0 Å². The molecule has 2 heteroatoms. The van der Waals surface area contributed by atoms with Crippen LogP contribution in [0.25, 0.3) is 5.57 Å². The molecule has 1 aromatic carbocycles. The van der Waals surface area contributed by atoms with Crippen LogP contribution in [-0.4, -0.2) is 16.0 Å². The van der Waals surface area contributed by atoms with Gasteiger partial charge in [-0.2, -0.15) is 0 Å². The molecule has 0 heterocycles. The molecule has 0 atom stereocenters. The van der Waals surface area contributed by atoms with Crippen molar-refractivity contribution in [3.8, 4) is 0 Å². The Hall–Kier alpha value is -1.12. The van der Waals surface area contributed by atoms with Crippen LogP contribution in [0.3, 0.4) is 0 Å². The third kappa shape index (κ3) is 7.91. The SMILES string of the molecule is C=C(C)c1ccccc1.[CH2]CC(C)(O)O. The lowest BCUT2D eigenvalue weighted by Crippen LogP contribution is -2.20. The molecule has 1 aromatic rings. The monoisotopic (exact) mass is 207 g/mol. The first-order valence-electron chi connectivity index (χ1n) is 4.82. The van der Waals surface area contributed by atoms with Crippen molar-refractivity contribution in [1.29, 1.82) is 0 Å². The molecule has 1 radical (unpaired) electrons. The Morgan fingerprint density at radius 3 is 1.87 bits per heavy atom. The fraction of sp³-hybridized carbons (Fsp3) is 0.308. The molecule has 0 unspecified atom stereocenters. The summed E-state index contributed by atoms with van der Waals surface area (Å²) >= 11 is 0. The van der Waals surface area contributed by atoms with Crippen molar-refractivity contribution < 1.29 is 10.2 Å². The average Bonchev–Trinajstić information content (AvgIpc) is 2.19. The zero-order valence-corrected chi connectivity index (χ0v) is 9.40. The lowest BCUT2D eigenvalue weighted by atomic mass is 10.1. The van der Waals surface area contributed by atoms with Crippen molar-refractivity contribution in [3.63, 3.8) is 0 Å². The summed E-state index contributed by atoms with van der Waals surface area (Å²) in [4.78, 5) is 0. The topological polar surface area (TPSA) is 40.5 Å². The minimum atomic E-state index is -1.57. The zero-order valence-electron chi connectivity index (χ0n) is 9.40. The van der Waals surface area contributed by atoms with Gasteiger partial charge < -0.3 is 10.2 Å². The third-order valence-corrected chi connectivity index (χ3v) is 1.74. The highest BCUT2D eigenvalue weighted by Gasteiger charge is 2.08. The fourth-order valence-electron chi connectivity index (χ4n) is 0.723. The summed E-state index contributed by atoms with van der Waals surface area (Å²) in [5, 5.41) is 16.6. The van der Waals surface area contributed by atoms with E-state index in [4.69, 9.17) is 10.2 Å². The standard InChI is InChI=1S/C9H10.C4H9O2/c1-8(2)9-6-4-3-5-7-9;1-3-4(2,5)6/h3-7H,1H2,2H3;5-6H,1,3H2,2H3. The van der Waals surface area contributed by atoms with Crippen LogP contribution in [-0.2, 0) is 0 Å². The minimum absolute atomic E-state index is 0.132. The number of hydrogen-bond donors (Lipinski definition) is 2. The maximum Gasteiger partial charge on any atom is 0.159 e. The molecule has 0 amide bonds. The molecule has 2 nitrogen and oxygen atoms in total. The number of hydrogen-bond acceptors (Lipinski definition) is 2. The van der Waals surface area contributed by atoms with Gasteiger partial charge in [0.05, 0.1) is 0 Å². The van der Waals surface area contributed by atoms with Crippen molar-refractivity contribution in [2.24, 2.45) is 0 Å². The molecule has 0 aliphatic carbocycles. The minimum Gasteiger partial charge on any atom is -0.366 e. The van der Waals surface area contributed by atoms with Gasteiger partial charge in [0.2, 0.25) is 0 Å². The number of rotatable bonds is 2. The van der Waals surface area contributed by atoms with E-state index >= 15 is 0 Å². The lowest BCUT2D eigenvalue weighted by Gasteiger charge is -2.10. The molecule has 0 saturated carbocycles. The number of allylic oxidation sites excluding steroid dienone is 1. The molecule has 0 aliphatic heterocycles. The van der Waals surface area contributed by atoms with Gasteiger partial charge in [-0.1, -0.05) is 42.5 Å². The third-order valence-electron chi connectivity index (χ3n) is 1.74. The largest absolute Gasteiger partial charge is 0.366 e. The maximum atomic E-state index is 8.32. The predicted octanol–water partition coefficient (Wildman–Crippen LogP) is 2.63. The summed E-state index contributed by atoms with van der Waals surface area (Å²) in [6, 6.07) is 10.2. The van der Waals surface area contributed by atoms with E-state index in [0.717, 1.165) is 5.57 Å². The molecule has 15 heavy (non-hydrogen) atoms. The van der Waals surface area contributed by atoms with E-state index in [1.54, 1.807) is 0 Å². The summed E-state index contributed by atoms with van der Waals surface area (Å²) in [7, 11) is 0. The fourth-order valence-corrected chi connectivity index (χ4v) is 0.723. The summed E-state index contributed by atoms with van der Waals surface area (Å²) < 4.78 is 0. The van der Waals surface area contributed by atoms with Gasteiger partial charge in [-0.05, 0) is 26.3 Å². The van der Waals surface area contributed by atoms with Gasteiger partial charge in [-0.25, -0.2) is 0 Å². The Kier molecular flexibility index (Phi) is 5.90.